The van der Waals surface area contributed by atoms with Gasteiger partial charge < -0.3 is 25.4 Å². The molecule has 2 aliphatic rings. The van der Waals surface area contributed by atoms with Crippen LogP contribution in [0.1, 0.15) is 82.9 Å². The van der Waals surface area contributed by atoms with Crippen LogP contribution in [0.3, 0.4) is 0 Å². The van der Waals surface area contributed by atoms with Gasteiger partial charge in [0.2, 0.25) is 17.7 Å². The maximum atomic E-state index is 13.8. The van der Waals surface area contributed by atoms with Gasteiger partial charge in [0.1, 0.15) is 17.3 Å². The van der Waals surface area contributed by atoms with Gasteiger partial charge in [0.15, 0.2) is 0 Å². The van der Waals surface area contributed by atoms with Crippen LogP contribution in [0.5, 0.6) is 5.75 Å². The van der Waals surface area contributed by atoms with Crippen molar-refractivity contribution in [3.05, 3.63) is 58.1 Å². The van der Waals surface area contributed by atoms with Crippen LogP contribution in [-0.4, -0.2) is 77.1 Å². The SMILES string of the molecule is CCCCN1C(=O)[C@@H]([C@H](O)C(CC)CC)NC(=O)C12CCN(Cc1ccc(Cc3cc(Cl)c(NC(C)=O)cc3OC)cc1)CC2.Cl. The lowest BCUT2D eigenvalue weighted by molar-refractivity contribution is -0.165. The number of hydrogen-bond donors (Lipinski definition) is 3. The van der Waals surface area contributed by atoms with Crippen LogP contribution in [0, 0.1) is 5.92 Å². The van der Waals surface area contributed by atoms with Crippen LogP contribution in [0.25, 0.3) is 0 Å². The number of hydrogen-bond acceptors (Lipinski definition) is 6. The highest BCUT2D eigenvalue weighted by Crippen LogP contribution is 2.36. The highest BCUT2D eigenvalue weighted by molar-refractivity contribution is 6.33. The number of nitrogens with one attached hydrogen (secondary N) is 2. The molecule has 2 aliphatic heterocycles. The van der Waals surface area contributed by atoms with E-state index in [9.17, 15) is 19.5 Å². The zero-order chi connectivity index (χ0) is 32.7. The van der Waals surface area contributed by atoms with Gasteiger partial charge in [-0.05, 0) is 42.4 Å². The fourth-order valence-corrected chi connectivity index (χ4v) is 7.01. The predicted octanol–water partition coefficient (Wildman–Crippen LogP) is 5.58. The van der Waals surface area contributed by atoms with Crippen LogP contribution in [0.15, 0.2) is 36.4 Å². The summed E-state index contributed by atoms with van der Waals surface area (Å²) in [5.74, 6) is 0.150. The average Bonchev–Trinajstić information content (AvgIpc) is 3.02. The Balaban J connectivity index is 0.00000576. The van der Waals surface area contributed by atoms with Crippen molar-refractivity contribution in [3.63, 3.8) is 0 Å². The van der Waals surface area contributed by atoms with Crippen molar-refractivity contribution in [2.24, 2.45) is 5.92 Å². The monoisotopic (exact) mass is 676 g/mol. The second kappa shape index (κ2) is 16.8. The molecule has 2 atom stereocenters. The average molecular weight is 678 g/mol. The van der Waals surface area contributed by atoms with E-state index < -0.39 is 17.7 Å². The normalized spacial score (nSPS) is 18.7. The van der Waals surface area contributed by atoms with Gasteiger partial charge in [-0.1, -0.05) is 75.9 Å². The summed E-state index contributed by atoms with van der Waals surface area (Å²) in [4.78, 5) is 43.1. The first-order chi connectivity index (χ1) is 21.6. The fraction of sp³-hybridized carbons (Fsp3) is 0.571. The molecule has 254 valence electrons. The number of piperidine rings is 1. The molecule has 0 radical (unpaired) electrons. The fourth-order valence-electron chi connectivity index (χ4n) is 6.78. The van der Waals surface area contributed by atoms with E-state index in [1.807, 2.05) is 19.9 Å². The summed E-state index contributed by atoms with van der Waals surface area (Å²) in [6, 6.07) is 11.1. The maximum absolute atomic E-state index is 13.8. The standard InChI is InChI=1S/C35H49ClN4O5.ClH/c1-6-9-16-40-33(43)31(32(42)26(7-2)8-3)38-34(44)35(40)14-17-39(18-15-35)22-25-12-10-24(11-13-25)19-27-20-28(36)29(37-23(4)41)21-30(27)45-5;/h10-13,20-21,26,31-32,42H,6-9,14-19,22H2,1-5H3,(H,37,41)(H,38,44);1H/t31-,32-;/m1./s1. The Hall–Kier alpha value is -2.85. The third-order valence-corrected chi connectivity index (χ3v) is 9.87. The number of methoxy groups -OCH3 is 1. The van der Waals surface area contributed by atoms with Crippen molar-refractivity contribution in [3.8, 4) is 5.75 Å². The van der Waals surface area contributed by atoms with E-state index >= 15 is 0 Å². The molecule has 9 nitrogen and oxygen atoms in total. The molecule has 11 heteroatoms. The Morgan fingerprint density at radius 3 is 2.30 bits per heavy atom. The molecular formula is C35H50Cl2N4O5. The summed E-state index contributed by atoms with van der Waals surface area (Å²) in [5, 5.41) is 17.2. The van der Waals surface area contributed by atoms with E-state index in [0.717, 1.165) is 43.4 Å². The number of nitrogens with zero attached hydrogens (tertiary/aromatic N) is 2. The number of ether oxygens (including phenoxy) is 1. The van der Waals surface area contributed by atoms with Gasteiger partial charge >= 0.3 is 0 Å². The molecule has 4 rings (SSSR count). The molecule has 2 fully saturated rings. The number of aliphatic hydroxyl groups excluding tert-OH is 1. The van der Waals surface area contributed by atoms with Gasteiger partial charge in [0.05, 0.1) is 23.9 Å². The number of unbranched alkanes of at least 4 members (excludes halogenated alkanes) is 1. The number of carbonyl (C=O) groups excluding carboxylic acids is 3. The second-order valence-electron chi connectivity index (χ2n) is 12.5. The number of piperazine rings is 1. The highest BCUT2D eigenvalue weighted by atomic mass is 35.5. The minimum absolute atomic E-state index is 0. The van der Waals surface area contributed by atoms with E-state index in [1.54, 1.807) is 18.1 Å². The molecule has 46 heavy (non-hydrogen) atoms. The second-order valence-corrected chi connectivity index (χ2v) is 12.9. The topological polar surface area (TPSA) is 111 Å². The van der Waals surface area contributed by atoms with Gasteiger partial charge in [-0.3, -0.25) is 19.3 Å². The van der Waals surface area contributed by atoms with E-state index in [2.05, 4.69) is 46.7 Å². The summed E-state index contributed by atoms with van der Waals surface area (Å²) in [5.41, 5.74) is 2.85. The molecular weight excluding hydrogens is 627 g/mol. The van der Waals surface area contributed by atoms with Crippen molar-refractivity contribution in [1.82, 2.24) is 15.1 Å². The summed E-state index contributed by atoms with van der Waals surface area (Å²) >= 11 is 6.42. The number of carbonyl (C=O) groups is 3. The van der Waals surface area contributed by atoms with Crippen molar-refractivity contribution < 1.29 is 24.2 Å². The van der Waals surface area contributed by atoms with Crippen molar-refractivity contribution >= 4 is 47.4 Å². The Kier molecular flexibility index (Phi) is 13.7. The third kappa shape index (κ3) is 8.35. The maximum Gasteiger partial charge on any atom is 0.248 e. The molecule has 0 aliphatic carbocycles. The lowest BCUT2D eigenvalue weighted by Gasteiger charge is -2.52. The number of aliphatic hydroxyl groups is 1. The first-order valence-corrected chi connectivity index (χ1v) is 16.7. The summed E-state index contributed by atoms with van der Waals surface area (Å²) in [6.45, 7) is 10.2. The first kappa shape index (κ1) is 37.6. The molecule has 2 aromatic carbocycles. The smallest absolute Gasteiger partial charge is 0.248 e. The molecule has 0 saturated carbocycles. The molecule has 2 saturated heterocycles. The lowest BCUT2D eigenvalue weighted by Crippen LogP contribution is -2.75. The largest absolute Gasteiger partial charge is 0.496 e. The van der Waals surface area contributed by atoms with Gasteiger partial charge in [-0.25, -0.2) is 0 Å². The number of halogens is 2. The molecule has 0 bridgehead atoms. The Labute approximate surface area is 284 Å². The van der Waals surface area contributed by atoms with Crippen LogP contribution in [-0.2, 0) is 27.3 Å². The molecule has 2 heterocycles. The first-order valence-electron chi connectivity index (χ1n) is 16.3. The summed E-state index contributed by atoms with van der Waals surface area (Å²) in [6.07, 6.45) is 4.12. The number of likely N-dealkylation sites (tertiary alicyclic amines) is 1. The van der Waals surface area contributed by atoms with E-state index in [0.29, 0.717) is 55.4 Å². The van der Waals surface area contributed by atoms with Crippen LogP contribution in [0.4, 0.5) is 5.69 Å². The van der Waals surface area contributed by atoms with Gasteiger partial charge in [-0.2, -0.15) is 0 Å². The molecule has 2 aromatic rings. The van der Waals surface area contributed by atoms with Crippen LogP contribution < -0.4 is 15.4 Å². The lowest BCUT2D eigenvalue weighted by atomic mass is 9.79. The van der Waals surface area contributed by atoms with E-state index in [4.69, 9.17) is 16.3 Å². The number of benzene rings is 2. The van der Waals surface area contributed by atoms with Crippen LogP contribution in [0.2, 0.25) is 5.02 Å². The van der Waals surface area contributed by atoms with Crippen LogP contribution >= 0.6 is 24.0 Å². The Morgan fingerprint density at radius 1 is 1.11 bits per heavy atom. The van der Waals surface area contributed by atoms with Gasteiger partial charge in [-0.15, -0.1) is 12.4 Å². The molecule has 0 aromatic heterocycles. The Bertz CT molecular complexity index is 1340. The predicted molar refractivity (Wildman–Crippen MR) is 185 cm³/mol. The number of rotatable bonds is 13. The summed E-state index contributed by atoms with van der Waals surface area (Å²) < 4.78 is 5.57. The zero-order valence-electron chi connectivity index (χ0n) is 27.7. The quantitative estimate of drug-likeness (QED) is 0.256. The Morgan fingerprint density at radius 2 is 1.74 bits per heavy atom. The van der Waals surface area contributed by atoms with E-state index in [-0.39, 0.29) is 36.0 Å². The minimum atomic E-state index is -0.887. The molecule has 3 amide bonds. The van der Waals surface area contributed by atoms with Gasteiger partial charge in [0.25, 0.3) is 0 Å². The van der Waals surface area contributed by atoms with Crippen molar-refractivity contribution in [2.75, 3.05) is 32.1 Å². The molecule has 1 spiro atoms. The minimum Gasteiger partial charge on any atom is -0.496 e. The van der Waals surface area contributed by atoms with E-state index in [1.165, 1.54) is 12.5 Å². The number of anilines is 1. The van der Waals surface area contributed by atoms with Crippen molar-refractivity contribution in [1.29, 1.82) is 0 Å². The van der Waals surface area contributed by atoms with Crippen molar-refractivity contribution in [2.45, 2.75) is 96.9 Å². The van der Waals surface area contributed by atoms with Gasteiger partial charge in [0, 0.05) is 51.2 Å². The number of amides is 3. The molecule has 0 unspecified atom stereocenters. The third-order valence-electron chi connectivity index (χ3n) is 9.55. The molecule has 3 N–H and O–H groups in total. The zero-order valence-corrected chi connectivity index (χ0v) is 29.3. The summed E-state index contributed by atoms with van der Waals surface area (Å²) in [7, 11) is 1.60. The highest BCUT2D eigenvalue weighted by Gasteiger charge is 2.55.